The molecule has 4 rings (SSSR count). The van der Waals surface area contributed by atoms with E-state index in [2.05, 4.69) is 35.4 Å². The van der Waals surface area contributed by atoms with Crippen LogP contribution in [0.1, 0.15) is 26.4 Å². The van der Waals surface area contributed by atoms with Crippen molar-refractivity contribution in [3.63, 3.8) is 0 Å². The summed E-state index contributed by atoms with van der Waals surface area (Å²) in [6.45, 7) is -0.127. The van der Waals surface area contributed by atoms with Crippen LogP contribution in [-0.2, 0) is 6.18 Å². The number of hydrogen-bond acceptors (Lipinski definition) is 7. The third-order valence-corrected chi connectivity index (χ3v) is 4.56. The van der Waals surface area contributed by atoms with Gasteiger partial charge in [0.15, 0.2) is 5.69 Å². The minimum Gasteiger partial charge on any atom is -0.350 e. The maximum Gasteiger partial charge on any atom is 0.435 e. The van der Waals surface area contributed by atoms with Crippen LogP contribution in [-0.4, -0.2) is 49.8 Å². The first kappa shape index (κ1) is 22.6. The third kappa shape index (κ3) is 5.09. The molecule has 0 atom stereocenters. The Morgan fingerprint density at radius 1 is 0.971 bits per heavy atom. The number of nitrogens with one attached hydrogen (secondary N) is 2. The van der Waals surface area contributed by atoms with Gasteiger partial charge in [0, 0.05) is 25.5 Å². The number of pyridine rings is 1. The largest absolute Gasteiger partial charge is 0.435 e. The molecule has 4 aromatic rings. The first-order valence-corrected chi connectivity index (χ1v) is 9.84. The van der Waals surface area contributed by atoms with Gasteiger partial charge in [0.2, 0.25) is 12.2 Å². The Morgan fingerprint density at radius 2 is 1.71 bits per heavy atom. The highest BCUT2D eigenvalue weighted by Crippen LogP contribution is 2.31. The number of carbonyl (C=O) groups excluding carboxylic acids is 2. The summed E-state index contributed by atoms with van der Waals surface area (Å²) >= 11 is 0. The van der Waals surface area contributed by atoms with Crippen molar-refractivity contribution >= 4 is 11.8 Å². The van der Waals surface area contributed by atoms with Crippen molar-refractivity contribution in [3.8, 4) is 17.2 Å². The van der Waals surface area contributed by atoms with Gasteiger partial charge in [-0.15, -0.1) is 0 Å². The van der Waals surface area contributed by atoms with Gasteiger partial charge in [0.1, 0.15) is 5.69 Å². The van der Waals surface area contributed by atoms with Crippen LogP contribution in [0.5, 0.6) is 0 Å². The smallest absolute Gasteiger partial charge is 0.350 e. The van der Waals surface area contributed by atoms with Gasteiger partial charge in [-0.05, 0) is 24.3 Å². The van der Waals surface area contributed by atoms with Gasteiger partial charge < -0.3 is 15.2 Å². The Bertz CT molecular complexity index is 1270. The quantitative estimate of drug-likeness (QED) is 0.397. The van der Waals surface area contributed by atoms with Gasteiger partial charge in [-0.3, -0.25) is 14.6 Å². The summed E-state index contributed by atoms with van der Waals surface area (Å²) in [6.07, 6.45) is -1.34. The van der Waals surface area contributed by atoms with E-state index in [0.29, 0.717) is 11.4 Å². The van der Waals surface area contributed by atoms with Crippen molar-refractivity contribution in [2.24, 2.45) is 0 Å². The molecular weight excluding hydrogens is 455 g/mol. The Balaban J connectivity index is 1.35. The Kier molecular flexibility index (Phi) is 6.34. The molecule has 0 spiro atoms. The van der Waals surface area contributed by atoms with Crippen molar-refractivity contribution in [1.82, 2.24) is 35.5 Å². The first-order valence-electron chi connectivity index (χ1n) is 9.84. The molecule has 13 heteroatoms. The minimum absolute atomic E-state index is 0.0225. The zero-order chi connectivity index (χ0) is 24.1. The van der Waals surface area contributed by atoms with Crippen molar-refractivity contribution < 1.29 is 27.3 Å². The number of carbonyl (C=O) groups is 2. The van der Waals surface area contributed by atoms with Gasteiger partial charge in [0.05, 0.1) is 16.8 Å². The number of para-hydroxylation sites is 1. The van der Waals surface area contributed by atoms with Gasteiger partial charge in [-0.1, -0.05) is 23.4 Å². The molecule has 0 aliphatic rings. The van der Waals surface area contributed by atoms with Crippen molar-refractivity contribution in [2.75, 3.05) is 13.1 Å². The lowest BCUT2D eigenvalue weighted by Gasteiger charge is -2.08. The summed E-state index contributed by atoms with van der Waals surface area (Å²) in [5.74, 6) is -1.17. The lowest BCUT2D eigenvalue weighted by atomic mass is 10.2. The molecule has 174 valence electrons. The Morgan fingerprint density at radius 3 is 2.32 bits per heavy atom. The van der Waals surface area contributed by atoms with Crippen LogP contribution in [0.3, 0.4) is 0 Å². The second kappa shape index (κ2) is 9.52. The van der Waals surface area contributed by atoms with Crippen LogP contribution < -0.4 is 10.6 Å². The predicted molar refractivity (Wildman–Crippen MR) is 111 cm³/mol. The molecule has 0 bridgehead atoms. The monoisotopic (exact) mass is 471 g/mol. The number of amides is 2. The van der Waals surface area contributed by atoms with Gasteiger partial charge in [-0.25, -0.2) is 4.68 Å². The summed E-state index contributed by atoms with van der Waals surface area (Å²) in [6, 6.07) is 11.1. The highest BCUT2D eigenvalue weighted by atomic mass is 19.4. The number of rotatable bonds is 7. The second-order valence-electron chi connectivity index (χ2n) is 6.87. The summed E-state index contributed by atoms with van der Waals surface area (Å²) in [5, 5.41) is 12.1. The molecule has 0 saturated heterocycles. The maximum absolute atomic E-state index is 13.4. The van der Waals surface area contributed by atoms with Crippen LogP contribution in [0.15, 0.2) is 65.8 Å². The SMILES string of the molecule is O=C(NCCNC(=O)c1cn(-c2ccccc2)nc1C(F)(F)F)c1ccc(-c2ncon2)nc1. The second-order valence-corrected chi connectivity index (χ2v) is 6.87. The van der Waals surface area contributed by atoms with E-state index >= 15 is 0 Å². The number of hydrogen-bond donors (Lipinski definition) is 2. The number of halogens is 3. The number of nitrogens with zero attached hydrogens (tertiary/aromatic N) is 5. The molecule has 3 heterocycles. The van der Waals surface area contributed by atoms with Crippen LogP contribution >= 0.6 is 0 Å². The van der Waals surface area contributed by atoms with Crippen LogP contribution in [0.4, 0.5) is 13.2 Å². The number of alkyl halides is 3. The van der Waals surface area contributed by atoms with E-state index in [1.54, 1.807) is 30.3 Å². The summed E-state index contributed by atoms with van der Waals surface area (Å²) in [5.41, 5.74) is -0.899. The fraction of sp³-hybridized carbons (Fsp3) is 0.143. The average molecular weight is 471 g/mol. The van der Waals surface area contributed by atoms with E-state index in [1.165, 1.54) is 18.3 Å². The molecule has 2 N–H and O–H groups in total. The van der Waals surface area contributed by atoms with E-state index in [9.17, 15) is 22.8 Å². The van der Waals surface area contributed by atoms with Crippen molar-refractivity contribution in [1.29, 1.82) is 0 Å². The third-order valence-electron chi connectivity index (χ3n) is 4.56. The summed E-state index contributed by atoms with van der Waals surface area (Å²) < 4.78 is 45.8. The van der Waals surface area contributed by atoms with Crippen molar-refractivity contribution in [3.05, 3.63) is 78.1 Å². The number of benzene rings is 1. The molecule has 0 aliphatic carbocycles. The lowest BCUT2D eigenvalue weighted by molar-refractivity contribution is -0.141. The van der Waals surface area contributed by atoms with E-state index in [4.69, 9.17) is 0 Å². The molecule has 2 amide bonds. The molecule has 0 unspecified atom stereocenters. The molecule has 0 fully saturated rings. The molecule has 10 nitrogen and oxygen atoms in total. The fourth-order valence-corrected chi connectivity index (χ4v) is 2.96. The average Bonchev–Trinajstić information content (AvgIpc) is 3.53. The predicted octanol–water partition coefficient (Wildman–Crippen LogP) is 2.50. The van der Waals surface area contributed by atoms with Crippen LogP contribution in [0.2, 0.25) is 0 Å². The Hall–Kier alpha value is -4.55. The van der Waals surface area contributed by atoms with Gasteiger partial charge in [-0.2, -0.15) is 23.3 Å². The lowest BCUT2D eigenvalue weighted by Crippen LogP contribution is -2.35. The van der Waals surface area contributed by atoms with E-state index in [-0.39, 0.29) is 24.5 Å². The zero-order valence-corrected chi connectivity index (χ0v) is 17.3. The molecular formula is C21H16F3N7O3. The highest BCUT2D eigenvalue weighted by Gasteiger charge is 2.39. The molecule has 1 aromatic carbocycles. The van der Waals surface area contributed by atoms with Crippen LogP contribution in [0.25, 0.3) is 17.2 Å². The normalized spacial score (nSPS) is 11.3. The van der Waals surface area contributed by atoms with Crippen LogP contribution in [0, 0.1) is 0 Å². The minimum atomic E-state index is -4.82. The van der Waals surface area contributed by atoms with Gasteiger partial charge in [0.25, 0.3) is 11.8 Å². The molecule has 3 aromatic heterocycles. The number of aromatic nitrogens is 5. The Labute approximate surface area is 189 Å². The fourth-order valence-electron chi connectivity index (χ4n) is 2.96. The maximum atomic E-state index is 13.4. The highest BCUT2D eigenvalue weighted by molar-refractivity contribution is 5.96. The molecule has 0 radical (unpaired) electrons. The van der Waals surface area contributed by atoms with E-state index < -0.39 is 29.2 Å². The molecule has 34 heavy (non-hydrogen) atoms. The zero-order valence-electron chi connectivity index (χ0n) is 17.3. The van der Waals surface area contributed by atoms with E-state index in [1.807, 2.05) is 0 Å². The summed E-state index contributed by atoms with van der Waals surface area (Å²) in [4.78, 5) is 32.6. The summed E-state index contributed by atoms with van der Waals surface area (Å²) in [7, 11) is 0. The topological polar surface area (TPSA) is 128 Å². The van der Waals surface area contributed by atoms with Gasteiger partial charge >= 0.3 is 6.18 Å². The first-order chi connectivity index (χ1) is 16.3. The standard InChI is InChI=1S/C21H16F3N7O3/c22-21(23,24)17-15(11-31(29-17)14-4-2-1-3-5-14)20(33)26-9-8-25-19(32)13-6-7-16(27-10-13)18-28-12-34-30-18/h1-7,10-12H,8-9H2,(H,25,32)(H,26,33). The van der Waals surface area contributed by atoms with E-state index in [0.717, 1.165) is 17.3 Å². The molecule has 0 saturated carbocycles. The van der Waals surface area contributed by atoms with Crippen molar-refractivity contribution in [2.45, 2.75) is 6.18 Å². The molecule has 0 aliphatic heterocycles.